The summed E-state index contributed by atoms with van der Waals surface area (Å²) < 4.78 is 7.21. The number of hydrogen-bond acceptors (Lipinski definition) is 2. The maximum absolute atomic E-state index is 13.0. The second-order valence-electron chi connectivity index (χ2n) is 5.39. The van der Waals surface area contributed by atoms with Gasteiger partial charge in [-0.3, -0.25) is 0 Å². The second-order valence-corrected chi connectivity index (χ2v) is 7.73. The normalized spacial score (nSPS) is 11.2. The molecule has 0 radical (unpaired) electrons. The molecule has 124 valence electrons. The predicted octanol–water partition coefficient (Wildman–Crippen LogP) is 3.95. The third-order valence-corrected chi connectivity index (χ3v) is 5.81. The van der Waals surface area contributed by atoms with E-state index in [0.717, 1.165) is 21.3 Å². The van der Waals surface area contributed by atoms with Gasteiger partial charge in [-0.2, -0.15) is 0 Å². The summed E-state index contributed by atoms with van der Waals surface area (Å²) in [4.78, 5) is 13.0. The fourth-order valence-electron chi connectivity index (χ4n) is 2.34. The maximum atomic E-state index is 13.0. The van der Waals surface area contributed by atoms with E-state index in [-0.39, 0.29) is 20.7 Å². The Hall–Kier alpha value is -2.61. The van der Waals surface area contributed by atoms with Crippen molar-refractivity contribution in [3.63, 3.8) is 0 Å². The fraction of sp³-hybridized carbons (Fsp3) is 0.0455. The summed E-state index contributed by atoms with van der Waals surface area (Å²) in [5, 5.41) is 0. The molecule has 3 heteroatoms. The van der Waals surface area contributed by atoms with Gasteiger partial charge in [-0.25, -0.2) is 0 Å². The van der Waals surface area contributed by atoms with Crippen LogP contribution in [0.3, 0.4) is 0 Å². The first-order valence-corrected chi connectivity index (χ1v) is 9.66. The number of carbonyl (C=O) groups is 1. The summed E-state index contributed by atoms with van der Waals surface area (Å²) in [6, 6.07) is 27.4. The van der Waals surface area contributed by atoms with Crippen molar-refractivity contribution >= 4 is 31.3 Å². The molecule has 0 N–H and O–H groups in total. The third kappa shape index (κ3) is 4.69. The SMILES string of the molecule is COc1ccc(/C=C(\[Se]c2ccccc2)C(=O)c2ccccc2)cc1. The number of methoxy groups -OCH3 is 1. The van der Waals surface area contributed by atoms with E-state index in [9.17, 15) is 4.79 Å². The van der Waals surface area contributed by atoms with Crippen molar-refractivity contribution < 1.29 is 9.53 Å². The molecule has 0 aliphatic carbocycles. The Morgan fingerprint density at radius 3 is 2.04 bits per heavy atom. The number of hydrogen-bond donors (Lipinski definition) is 0. The van der Waals surface area contributed by atoms with E-state index in [1.54, 1.807) is 7.11 Å². The van der Waals surface area contributed by atoms with Crippen LogP contribution in [-0.4, -0.2) is 27.8 Å². The Morgan fingerprint density at radius 1 is 0.840 bits per heavy atom. The van der Waals surface area contributed by atoms with Gasteiger partial charge in [0.15, 0.2) is 0 Å². The van der Waals surface area contributed by atoms with Gasteiger partial charge in [0.2, 0.25) is 0 Å². The van der Waals surface area contributed by atoms with Gasteiger partial charge >= 0.3 is 154 Å². The van der Waals surface area contributed by atoms with Gasteiger partial charge in [0.05, 0.1) is 0 Å². The topological polar surface area (TPSA) is 26.3 Å². The number of ketones is 1. The summed E-state index contributed by atoms with van der Waals surface area (Å²) in [5.41, 5.74) is 1.72. The van der Waals surface area contributed by atoms with Crippen LogP contribution in [0.5, 0.6) is 5.75 Å². The van der Waals surface area contributed by atoms with Crippen LogP contribution < -0.4 is 9.20 Å². The van der Waals surface area contributed by atoms with Gasteiger partial charge in [0.1, 0.15) is 0 Å². The Bertz CT molecular complexity index is 854. The van der Waals surface area contributed by atoms with Crippen molar-refractivity contribution in [1.29, 1.82) is 0 Å². The molecule has 0 heterocycles. The molecule has 2 nitrogen and oxygen atoms in total. The first-order chi connectivity index (χ1) is 12.3. The molecule has 0 aliphatic heterocycles. The van der Waals surface area contributed by atoms with Crippen molar-refractivity contribution in [2.24, 2.45) is 0 Å². The summed E-state index contributed by atoms with van der Waals surface area (Å²) in [6.07, 6.45) is 1.99. The van der Waals surface area contributed by atoms with Crippen LogP contribution in [0.15, 0.2) is 89.4 Å². The van der Waals surface area contributed by atoms with Crippen molar-refractivity contribution in [2.75, 3.05) is 7.11 Å². The molecule has 0 saturated carbocycles. The third-order valence-electron chi connectivity index (χ3n) is 3.64. The predicted molar refractivity (Wildman–Crippen MR) is 104 cm³/mol. The average Bonchev–Trinajstić information content (AvgIpc) is 2.69. The van der Waals surface area contributed by atoms with Crippen molar-refractivity contribution in [3.8, 4) is 5.75 Å². The van der Waals surface area contributed by atoms with Gasteiger partial charge in [0, 0.05) is 0 Å². The van der Waals surface area contributed by atoms with Gasteiger partial charge in [-0.1, -0.05) is 0 Å². The first-order valence-electron chi connectivity index (χ1n) is 7.94. The molecule has 0 unspecified atom stereocenters. The zero-order chi connectivity index (χ0) is 17.5. The molecule has 0 atom stereocenters. The van der Waals surface area contributed by atoms with Gasteiger partial charge in [-0.05, 0) is 0 Å². The molecule has 0 aliphatic rings. The summed E-state index contributed by atoms with van der Waals surface area (Å²) in [5.74, 6) is 0.891. The number of Topliss-reactive ketones (excluding diaryl/α,β-unsaturated/α-hetero) is 1. The van der Waals surface area contributed by atoms with E-state index in [1.807, 2.05) is 78.9 Å². The second kappa shape index (κ2) is 8.48. The zero-order valence-electron chi connectivity index (χ0n) is 13.9. The van der Waals surface area contributed by atoms with Crippen LogP contribution in [-0.2, 0) is 0 Å². The van der Waals surface area contributed by atoms with Crippen LogP contribution in [0.2, 0.25) is 0 Å². The summed E-state index contributed by atoms with van der Waals surface area (Å²) in [7, 11) is 1.65. The molecule has 3 aromatic carbocycles. The van der Waals surface area contributed by atoms with Crippen LogP contribution in [0.25, 0.3) is 6.08 Å². The van der Waals surface area contributed by atoms with Gasteiger partial charge < -0.3 is 0 Å². The monoisotopic (exact) mass is 394 g/mol. The minimum atomic E-state index is -0.0614. The fourth-order valence-corrected chi connectivity index (χ4v) is 4.34. The molecule has 0 fully saturated rings. The van der Waals surface area contributed by atoms with Gasteiger partial charge in [0.25, 0.3) is 0 Å². The van der Waals surface area contributed by atoms with E-state index in [1.165, 1.54) is 4.46 Å². The molecule has 3 rings (SSSR count). The quantitative estimate of drug-likeness (QED) is 0.360. The van der Waals surface area contributed by atoms with E-state index in [4.69, 9.17) is 4.74 Å². The van der Waals surface area contributed by atoms with Gasteiger partial charge in [-0.15, -0.1) is 0 Å². The summed E-state index contributed by atoms with van der Waals surface area (Å²) in [6.45, 7) is 0. The van der Waals surface area contributed by atoms with E-state index < -0.39 is 0 Å². The molecule has 0 amide bonds. The van der Waals surface area contributed by atoms with Crippen LogP contribution in [0, 0.1) is 0 Å². The van der Waals surface area contributed by atoms with Crippen molar-refractivity contribution in [3.05, 3.63) is 101 Å². The average molecular weight is 393 g/mol. The molecule has 25 heavy (non-hydrogen) atoms. The molecule has 0 spiro atoms. The van der Waals surface area contributed by atoms with E-state index in [2.05, 4.69) is 12.1 Å². The molecule has 0 aromatic heterocycles. The number of benzene rings is 3. The Morgan fingerprint density at radius 2 is 1.44 bits per heavy atom. The van der Waals surface area contributed by atoms with Crippen molar-refractivity contribution in [1.82, 2.24) is 0 Å². The van der Waals surface area contributed by atoms with Crippen molar-refractivity contribution in [2.45, 2.75) is 0 Å². The van der Waals surface area contributed by atoms with Crippen LogP contribution in [0.1, 0.15) is 15.9 Å². The number of allylic oxidation sites excluding steroid dienone is 1. The molecule has 0 bridgehead atoms. The zero-order valence-corrected chi connectivity index (χ0v) is 15.6. The Kier molecular flexibility index (Phi) is 5.84. The number of rotatable bonds is 6. The van der Waals surface area contributed by atoms with Crippen LogP contribution in [0.4, 0.5) is 0 Å². The molecule has 0 saturated heterocycles. The van der Waals surface area contributed by atoms with E-state index >= 15 is 0 Å². The minimum absolute atomic E-state index is 0.0614. The molecular formula is C22H18O2Se. The standard InChI is InChI=1S/C22H18O2Se/c1-24-19-14-12-17(13-15-19)16-21(25-20-10-6-3-7-11-20)22(23)18-8-4-2-5-9-18/h2-16H,1H3/b21-16-. The van der Waals surface area contributed by atoms with E-state index in [0.29, 0.717) is 0 Å². The number of ether oxygens (including phenoxy) is 1. The Balaban J connectivity index is 1.95. The molecular weight excluding hydrogens is 375 g/mol. The molecule has 3 aromatic rings. The van der Waals surface area contributed by atoms with Crippen LogP contribution >= 0.6 is 0 Å². The first kappa shape index (κ1) is 17.2. The number of carbonyl (C=O) groups excluding carboxylic acids is 1. The summed E-state index contributed by atoms with van der Waals surface area (Å²) >= 11 is -0.0614. The Labute approximate surface area is 154 Å².